The first-order chi connectivity index (χ1) is 9.20. The van der Waals surface area contributed by atoms with E-state index in [-0.39, 0.29) is 24.6 Å². The first-order valence-corrected chi connectivity index (χ1v) is 7.88. The van der Waals surface area contributed by atoms with Crippen LogP contribution in [-0.4, -0.2) is 35.7 Å². The van der Waals surface area contributed by atoms with E-state index in [1.807, 2.05) is 6.92 Å². The molecule has 2 rings (SSSR count). The highest BCUT2D eigenvalue weighted by Crippen LogP contribution is 2.32. The molecule has 3 N–H and O–H groups in total. The average molecular weight is 268 g/mol. The van der Waals surface area contributed by atoms with Gasteiger partial charge in [-0.05, 0) is 51.4 Å². The lowest BCUT2D eigenvalue weighted by molar-refractivity contribution is -0.125. The number of hydrogen-bond donors (Lipinski definition) is 3. The molecular formula is C15H28N2O2. The van der Waals surface area contributed by atoms with Gasteiger partial charge < -0.3 is 15.7 Å². The molecule has 1 heterocycles. The van der Waals surface area contributed by atoms with Crippen molar-refractivity contribution in [1.82, 2.24) is 10.6 Å². The second kappa shape index (κ2) is 7.25. The van der Waals surface area contributed by atoms with E-state index >= 15 is 0 Å². The van der Waals surface area contributed by atoms with E-state index in [0.717, 1.165) is 25.2 Å². The van der Waals surface area contributed by atoms with Gasteiger partial charge in [0.25, 0.3) is 0 Å². The number of aliphatic hydroxyl groups is 1. The molecule has 4 atom stereocenters. The molecule has 4 heteroatoms. The third-order valence-electron chi connectivity index (χ3n) is 4.65. The normalized spacial score (nSPS) is 32.4. The zero-order chi connectivity index (χ0) is 13.7. The molecule has 0 aromatic heterocycles. The number of piperidine rings is 1. The lowest BCUT2D eigenvalue weighted by Gasteiger charge is -2.40. The molecule has 19 heavy (non-hydrogen) atoms. The van der Waals surface area contributed by atoms with Crippen molar-refractivity contribution in [3.63, 3.8) is 0 Å². The largest absolute Gasteiger partial charge is 0.396 e. The molecule has 1 amide bonds. The molecule has 4 unspecified atom stereocenters. The highest BCUT2D eigenvalue weighted by atomic mass is 16.3. The van der Waals surface area contributed by atoms with Crippen molar-refractivity contribution in [3.8, 4) is 0 Å². The van der Waals surface area contributed by atoms with Crippen molar-refractivity contribution in [2.24, 2.45) is 5.92 Å². The Kier molecular flexibility index (Phi) is 5.64. The Morgan fingerprint density at radius 2 is 2.11 bits per heavy atom. The lowest BCUT2D eigenvalue weighted by atomic mass is 9.77. The van der Waals surface area contributed by atoms with Gasteiger partial charge in [-0.1, -0.05) is 12.8 Å². The first kappa shape index (κ1) is 14.8. The minimum Gasteiger partial charge on any atom is -0.396 e. The van der Waals surface area contributed by atoms with Gasteiger partial charge in [0.1, 0.15) is 0 Å². The van der Waals surface area contributed by atoms with E-state index in [1.54, 1.807) is 0 Å². The molecular weight excluding hydrogens is 240 g/mol. The number of hydrogen-bond acceptors (Lipinski definition) is 3. The van der Waals surface area contributed by atoms with Crippen LogP contribution in [0.2, 0.25) is 0 Å². The Labute approximate surface area is 116 Å². The fourth-order valence-corrected chi connectivity index (χ4v) is 3.51. The standard InChI is InChI=1S/C15H28N2O2/c1-11(5-4-10-18)16-15(19)14-9-8-12-6-2-3-7-13(12)17-14/h11-14,17-18H,2-10H2,1H3,(H,16,19). The third kappa shape index (κ3) is 4.18. The fourth-order valence-electron chi connectivity index (χ4n) is 3.51. The molecule has 1 aliphatic heterocycles. The fraction of sp³-hybridized carbons (Fsp3) is 0.933. The minimum atomic E-state index is -0.00377. The summed E-state index contributed by atoms with van der Waals surface area (Å²) in [4.78, 5) is 12.2. The van der Waals surface area contributed by atoms with Gasteiger partial charge in [0.15, 0.2) is 0 Å². The van der Waals surface area contributed by atoms with Crippen LogP contribution in [0.25, 0.3) is 0 Å². The van der Waals surface area contributed by atoms with Crippen LogP contribution >= 0.6 is 0 Å². The summed E-state index contributed by atoms with van der Waals surface area (Å²) in [6.07, 6.45) is 8.99. The predicted octanol–water partition coefficient (Wildman–Crippen LogP) is 1.57. The van der Waals surface area contributed by atoms with Crippen molar-refractivity contribution < 1.29 is 9.90 Å². The van der Waals surface area contributed by atoms with Crippen LogP contribution in [0.15, 0.2) is 0 Å². The molecule has 0 spiro atoms. The smallest absolute Gasteiger partial charge is 0.237 e. The Hall–Kier alpha value is -0.610. The lowest BCUT2D eigenvalue weighted by Crippen LogP contribution is -2.55. The Morgan fingerprint density at radius 1 is 1.32 bits per heavy atom. The van der Waals surface area contributed by atoms with E-state index in [0.29, 0.717) is 6.04 Å². The number of fused-ring (bicyclic) bond motifs is 1. The van der Waals surface area contributed by atoms with Crippen LogP contribution in [0.4, 0.5) is 0 Å². The average Bonchev–Trinajstić information content (AvgIpc) is 2.44. The molecule has 110 valence electrons. The summed E-state index contributed by atoms with van der Waals surface area (Å²) in [5, 5.41) is 15.4. The summed E-state index contributed by atoms with van der Waals surface area (Å²) < 4.78 is 0. The molecule has 2 aliphatic rings. The number of rotatable bonds is 5. The summed E-state index contributed by atoms with van der Waals surface area (Å²) in [7, 11) is 0. The number of carbonyl (C=O) groups is 1. The zero-order valence-corrected chi connectivity index (χ0v) is 12.0. The van der Waals surface area contributed by atoms with E-state index < -0.39 is 0 Å². The minimum absolute atomic E-state index is 0.00377. The molecule has 2 fully saturated rings. The summed E-state index contributed by atoms with van der Waals surface area (Å²) >= 11 is 0. The predicted molar refractivity (Wildman–Crippen MR) is 75.8 cm³/mol. The molecule has 4 nitrogen and oxygen atoms in total. The van der Waals surface area contributed by atoms with Gasteiger partial charge in [0, 0.05) is 18.7 Å². The maximum absolute atomic E-state index is 12.2. The second-order valence-electron chi connectivity index (χ2n) is 6.22. The highest BCUT2D eigenvalue weighted by molar-refractivity contribution is 5.82. The quantitative estimate of drug-likeness (QED) is 0.709. The van der Waals surface area contributed by atoms with Gasteiger partial charge in [-0.2, -0.15) is 0 Å². The van der Waals surface area contributed by atoms with Gasteiger partial charge in [-0.3, -0.25) is 4.79 Å². The van der Waals surface area contributed by atoms with Crippen molar-refractivity contribution in [1.29, 1.82) is 0 Å². The van der Waals surface area contributed by atoms with Gasteiger partial charge in [-0.25, -0.2) is 0 Å². The van der Waals surface area contributed by atoms with E-state index in [1.165, 1.54) is 32.1 Å². The molecule has 1 aliphatic carbocycles. The molecule has 0 radical (unpaired) electrons. The summed E-state index contributed by atoms with van der Waals surface area (Å²) in [6, 6.07) is 0.715. The second-order valence-corrected chi connectivity index (χ2v) is 6.22. The highest BCUT2D eigenvalue weighted by Gasteiger charge is 2.34. The van der Waals surface area contributed by atoms with Crippen LogP contribution in [0.5, 0.6) is 0 Å². The molecule has 0 aromatic carbocycles. The van der Waals surface area contributed by atoms with Gasteiger partial charge in [0.2, 0.25) is 5.91 Å². The Bertz CT molecular complexity index is 296. The number of aliphatic hydroxyl groups excluding tert-OH is 1. The van der Waals surface area contributed by atoms with Crippen molar-refractivity contribution in [2.45, 2.75) is 76.4 Å². The molecule has 1 saturated heterocycles. The van der Waals surface area contributed by atoms with Crippen molar-refractivity contribution >= 4 is 5.91 Å². The molecule has 1 saturated carbocycles. The summed E-state index contributed by atoms with van der Waals surface area (Å²) in [5.41, 5.74) is 0. The van der Waals surface area contributed by atoms with Crippen LogP contribution in [-0.2, 0) is 4.79 Å². The van der Waals surface area contributed by atoms with Gasteiger partial charge in [0.05, 0.1) is 6.04 Å². The monoisotopic (exact) mass is 268 g/mol. The van der Waals surface area contributed by atoms with Gasteiger partial charge in [-0.15, -0.1) is 0 Å². The van der Waals surface area contributed by atoms with Crippen molar-refractivity contribution in [2.75, 3.05) is 6.61 Å². The van der Waals surface area contributed by atoms with E-state index in [2.05, 4.69) is 10.6 Å². The van der Waals surface area contributed by atoms with Crippen molar-refractivity contribution in [3.05, 3.63) is 0 Å². The number of carbonyl (C=O) groups excluding carboxylic acids is 1. The van der Waals surface area contributed by atoms with Crippen LogP contribution < -0.4 is 10.6 Å². The summed E-state index contributed by atoms with van der Waals surface area (Å²) in [5.74, 6) is 0.944. The van der Waals surface area contributed by atoms with E-state index in [9.17, 15) is 4.79 Å². The molecule has 0 aromatic rings. The first-order valence-electron chi connectivity index (χ1n) is 7.88. The molecule has 0 bridgehead atoms. The maximum Gasteiger partial charge on any atom is 0.237 e. The van der Waals surface area contributed by atoms with Crippen LogP contribution in [0.3, 0.4) is 0 Å². The third-order valence-corrected chi connectivity index (χ3v) is 4.65. The topological polar surface area (TPSA) is 61.4 Å². The van der Waals surface area contributed by atoms with Crippen LogP contribution in [0, 0.1) is 5.92 Å². The van der Waals surface area contributed by atoms with Gasteiger partial charge >= 0.3 is 0 Å². The Balaban J connectivity index is 1.76. The SMILES string of the molecule is CC(CCCO)NC(=O)C1CCC2CCCCC2N1. The Morgan fingerprint density at radius 3 is 2.89 bits per heavy atom. The summed E-state index contributed by atoms with van der Waals surface area (Å²) in [6.45, 7) is 2.21. The van der Waals surface area contributed by atoms with Crippen LogP contribution in [0.1, 0.15) is 58.3 Å². The number of amides is 1. The zero-order valence-electron chi connectivity index (χ0n) is 12.0. The van der Waals surface area contributed by atoms with E-state index in [4.69, 9.17) is 5.11 Å². The maximum atomic E-state index is 12.2. The number of nitrogens with one attached hydrogen (secondary N) is 2.